The standard InChI is InChI=1S/C29H40O4/c1-17-18-7-8-21-27(4,19(18)15-20(30)23(17)31)12-14-29(6)22-16-26(3,24(32)33)10-9-25(22,2)11-13-28(21,29)5/h8,15,22,30-31H,7,9-14,16H2,1-6H3,(H,32,33)/t22-,25+,26+,27+,28+,29+/m0/s1. The average Bonchev–Trinajstić information content (AvgIpc) is 2.75. The van der Waals surface area contributed by atoms with E-state index in [0.29, 0.717) is 5.92 Å². The van der Waals surface area contributed by atoms with Gasteiger partial charge in [-0.3, -0.25) is 4.79 Å². The lowest BCUT2D eigenvalue weighted by Gasteiger charge is -2.69. The summed E-state index contributed by atoms with van der Waals surface area (Å²) in [6, 6.07) is 1.81. The van der Waals surface area contributed by atoms with Crippen LogP contribution in [0.5, 0.6) is 11.5 Å². The van der Waals surface area contributed by atoms with Crippen molar-refractivity contribution in [1.29, 1.82) is 0 Å². The van der Waals surface area contributed by atoms with E-state index in [2.05, 4.69) is 33.8 Å². The molecule has 1 aromatic carbocycles. The lowest BCUT2D eigenvalue weighted by atomic mass is 9.34. The Morgan fingerprint density at radius 2 is 1.64 bits per heavy atom. The van der Waals surface area contributed by atoms with Crippen LogP contribution in [0, 0.1) is 34.5 Å². The van der Waals surface area contributed by atoms with Gasteiger partial charge in [-0.1, -0.05) is 39.3 Å². The average molecular weight is 453 g/mol. The molecule has 0 spiro atoms. The van der Waals surface area contributed by atoms with E-state index < -0.39 is 11.4 Å². The normalized spacial score (nSPS) is 44.1. The molecule has 0 aliphatic heterocycles. The van der Waals surface area contributed by atoms with Gasteiger partial charge in [0.2, 0.25) is 0 Å². The minimum atomic E-state index is -0.641. The molecule has 4 nitrogen and oxygen atoms in total. The Balaban J connectivity index is 1.63. The van der Waals surface area contributed by atoms with Crippen molar-refractivity contribution in [1.82, 2.24) is 0 Å². The van der Waals surface area contributed by atoms with Gasteiger partial charge >= 0.3 is 5.97 Å². The first-order valence-corrected chi connectivity index (χ1v) is 12.7. The molecule has 0 bridgehead atoms. The number of aliphatic carboxylic acids is 1. The first kappa shape index (κ1) is 22.8. The summed E-state index contributed by atoms with van der Waals surface area (Å²) in [6.45, 7) is 13.5. The molecule has 6 atom stereocenters. The fourth-order valence-electron chi connectivity index (χ4n) is 8.89. The van der Waals surface area contributed by atoms with Crippen LogP contribution in [-0.2, 0) is 16.6 Å². The van der Waals surface area contributed by atoms with Crippen molar-refractivity contribution < 1.29 is 20.1 Å². The number of carbonyl (C=O) groups is 1. The van der Waals surface area contributed by atoms with Gasteiger partial charge in [-0.05, 0) is 110 Å². The Morgan fingerprint density at radius 3 is 2.30 bits per heavy atom. The number of carboxylic acids is 1. The zero-order chi connectivity index (χ0) is 24.2. The molecule has 1 aromatic rings. The van der Waals surface area contributed by atoms with Gasteiger partial charge in [0.15, 0.2) is 11.5 Å². The van der Waals surface area contributed by atoms with Crippen LogP contribution < -0.4 is 0 Å². The van der Waals surface area contributed by atoms with Crippen LogP contribution in [0.15, 0.2) is 17.7 Å². The largest absolute Gasteiger partial charge is 0.504 e. The van der Waals surface area contributed by atoms with Crippen molar-refractivity contribution in [2.45, 2.75) is 98.3 Å². The monoisotopic (exact) mass is 452 g/mol. The molecule has 4 heteroatoms. The summed E-state index contributed by atoms with van der Waals surface area (Å²) in [5.41, 5.74) is 4.00. The number of benzene rings is 1. The summed E-state index contributed by atoms with van der Waals surface area (Å²) >= 11 is 0. The summed E-state index contributed by atoms with van der Waals surface area (Å²) in [4.78, 5) is 12.3. The maximum Gasteiger partial charge on any atom is 0.309 e. The fraction of sp³-hybridized carbons (Fsp3) is 0.690. The molecule has 5 rings (SSSR count). The number of phenolic OH excluding ortho intramolecular Hbond substituents is 2. The van der Waals surface area contributed by atoms with Crippen molar-refractivity contribution in [3.63, 3.8) is 0 Å². The predicted octanol–water partition coefficient (Wildman–Crippen LogP) is 6.64. The minimum absolute atomic E-state index is 0.00431. The van der Waals surface area contributed by atoms with E-state index in [4.69, 9.17) is 0 Å². The fourth-order valence-corrected chi connectivity index (χ4v) is 8.89. The smallest absolute Gasteiger partial charge is 0.309 e. The molecule has 0 amide bonds. The number of allylic oxidation sites excluding steroid dienone is 2. The molecule has 0 saturated heterocycles. The summed E-state index contributed by atoms with van der Waals surface area (Å²) < 4.78 is 0. The van der Waals surface area contributed by atoms with Gasteiger partial charge in [0.05, 0.1) is 5.41 Å². The van der Waals surface area contributed by atoms with E-state index in [0.717, 1.165) is 62.5 Å². The topological polar surface area (TPSA) is 77.8 Å². The van der Waals surface area contributed by atoms with E-state index in [1.165, 1.54) is 11.1 Å². The number of hydrogen-bond acceptors (Lipinski definition) is 3. The van der Waals surface area contributed by atoms with E-state index in [1.54, 1.807) is 0 Å². The molecule has 180 valence electrons. The number of fused-ring (bicyclic) bond motifs is 7. The number of carboxylic acid groups (broad SMARTS) is 1. The third-order valence-corrected chi connectivity index (χ3v) is 11.6. The van der Waals surface area contributed by atoms with E-state index in [1.807, 2.05) is 19.9 Å². The Morgan fingerprint density at radius 1 is 0.970 bits per heavy atom. The Labute approximate surface area is 198 Å². The third-order valence-electron chi connectivity index (χ3n) is 11.6. The second-order valence-electron chi connectivity index (χ2n) is 13.1. The first-order chi connectivity index (χ1) is 15.2. The third kappa shape index (κ3) is 2.67. The highest BCUT2D eigenvalue weighted by Crippen LogP contribution is 2.74. The van der Waals surface area contributed by atoms with Crippen LogP contribution in [0.4, 0.5) is 0 Å². The Hall–Kier alpha value is -1.97. The van der Waals surface area contributed by atoms with Crippen molar-refractivity contribution in [2.75, 3.05) is 0 Å². The van der Waals surface area contributed by atoms with Gasteiger partial charge in [-0.25, -0.2) is 0 Å². The van der Waals surface area contributed by atoms with Crippen molar-refractivity contribution >= 4 is 5.97 Å². The van der Waals surface area contributed by atoms with Gasteiger partial charge < -0.3 is 15.3 Å². The maximum absolute atomic E-state index is 12.3. The van der Waals surface area contributed by atoms with Crippen molar-refractivity contribution in [2.24, 2.45) is 27.6 Å². The van der Waals surface area contributed by atoms with Crippen molar-refractivity contribution in [3.8, 4) is 11.5 Å². The molecule has 4 aliphatic rings. The summed E-state index contributed by atoms with van der Waals surface area (Å²) in [6.07, 6.45) is 10.0. The lowest BCUT2D eigenvalue weighted by molar-refractivity contribution is -0.177. The highest BCUT2D eigenvalue weighted by molar-refractivity contribution is 5.74. The van der Waals surface area contributed by atoms with E-state index in [-0.39, 0.29) is 33.2 Å². The van der Waals surface area contributed by atoms with Gasteiger partial charge in [0.25, 0.3) is 0 Å². The van der Waals surface area contributed by atoms with Crippen LogP contribution in [0.2, 0.25) is 0 Å². The Bertz CT molecular complexity index is 1090. The molecule has 33 heavy (non-hydrogen) atoms. The lowest BCUT2D eigenvalue weighted by Crippen LogP contribution is -2.62. The molecule has 0 aromatic heterocycles. The molecule has 4 aliphatic carbocycles. The van der Waals surface area contributed by atoms with E-state index >= 15 is 0 Å². The van der Waals surface area contributed by atoms with Gasteiger partial charge in [-0.15, -0.1) is 0 Å². The second kappa shape index (κ2) is 6.58. The van der Waals surface area contributed by atoms with Gasteiger partial charge in [0, 0.05) is 5.41 Å². The summed E-state index contributed by atoms with van der Waals surface area (Å²) in [5.74, 6) is -0.282. The zero-order valence-electron chi connectivity index (χ0n) is 21.1. The van der Waals surface area contributed by atoms with Crippen LogP contribution in [-0.4, -0.2) is 21.3 Å². The van der Waals surface area contributed by atoms with E-state index in [9.17, 15) is 20.1 Å². The number of rotatable bonds is 1. The minimum Gasteiger partial charge on any atom is -0.504 e. The van der Waals surface area contributed by atoms with Crippen LogP contribution in [0.1, 0.15) is 96.3 Å². The number of hydrogen-bond donors (Lipinski definition) is 3. The van der Waals surface area contributed by atoms with Gasteiger partial charge in [0.1, 0.15) is 0 Å². The first-order valence-electron chi connectivity index (χ1n) is 12.7. The number of phenols is 2. The molecule has 3 fully saturated rings. The molecule has 0 heterocycles. The van der Waals surface area contributed by atoms with Crippen LogP contribution in [0.3, 0.4) is 0 Å². The summed E-state index contributed by atoms with van der Waals surface area (Å²) in [5, 5.41) is 30.9. The second-order valence-corrected chi connectivity index (χ2v) is 13.1. The highest BCUT2D eigenvalue weighted by atomic mass is 16.4. The maximum atomic E-state index is 12.3. The van der Waals surface area contributed by atoms with Crippen molar-refractivity contribution in [3.05, 3.63) is 34.4 Å². The SMILES string of the molecule is Cc1c(O)c(O)cc2c1CC=C1[C@]2(C)CC[C@]2(C)[C@H]3C[C@](C)(C(=O)O)CC[C@]3(C)CC[C@]12C. The van der Waals surface area contributed by atoms with Crippen LogP contribution in [0.25, 0.3) is 0 Å². The van der Waals surface area contributed by atoms with Gasteiger partial charge in [-0.2, -0.15) is 0 Å². The molecular weight excluding hydrogens is 412 g/mol. The molecule has 3 saturated carbocycles. The predicted molar refractivity (Wildman–Crippen MR) is 130 cm³/mol. The highest BCUT2D eigenvalue weighted by Gasteiger charge is 2.67. The van der Waals surface area contributed by atoms with Crippen LogP contribution >= 0.6 is 0 Å². The molecule has 0 radical (unpaired) electrons. The summed E-state index contributed by atoms with van der Waals surface area (Å²) in [7, 11) is 0. The molecule has 0 unspecified atom stereocenters. The Kier molecular flexibility index (Phi) is 4.55. The number of aromatic hydroxyl groups is 2. The quantitative estimate of drug-likeness (QED) is 0.329. The zero-order valence-corrected chi connectivity index (χ0v) is 21.1. The molecular formula is C29H40O4. The molecule has 3 N–H and O–H groups in total.